The van der Waals surface area contributed by atoms with Crippen LogP contribution in [0.2, 0.25) is 0 Å². The van der Waals surface area contributed by atoms with Crippen molar-refractivity contribution in [3.63, 3.8) is 0 Å². The number of carbonyl (C=O) groups is 1. The van der Waals surface area contributed by atoms with Gasteiger partial charge in [0.2, 0.25) is 0 Å². The van der Waals surface area contributed by atoms with E-state index in [0.717, 1.165) is 17.0 Å². The topological polar surface area (TPSA) is 117 Å². The maximum atomic E-state index is 12.0. The predicted octanol–water partition coefficient (Wildman–Crippen LogP) is 1.30. The zero-order valence-electron chi connectivity index (χ0n) is 12.6. The third kappa shape index (κ3) is 3.05. The van der Waals surface area contributed by atoms with Crippen LogP contribution in [0.1, 0.15) is 27.5 Å². The summed E-state index contributed by atoms with van der Waals surface area (Å²) in [4.78, 5) is 27.7. The molecule has 1 amide bonds. The van der Waals surface area contributed by atoms with Gasteiger partial charge in [-0.2, -0.15) is 10.3 Å². The quantitative estimate of drug-likeness (QED) is 0.671. The number of carbonyl (C=O) groups excluding carboxylic acids is 1. The Morgan fingerprint density at radius 1 is 1.26 bits per heavy atom. The van der Waals surface area contributed by atoms with Crippen molar-refractivity contribution in [3.05, 3.63) is 57.3 Å². The maximum Gasteiger partial charge on any atom is 0.293 e. The molecular formula is C15H15N5O3. The lowest BCUT2D eigenvalue weighted by Crippen LogP contribution is -2.27. The lowest BCUT2D eigenvalue weighted by Gasteiger charge is -2.04. The van der Waals surface area contributed by atoms with Gasteiger partial charge in [0.05, 0.1) is 0 Å². The lowest BCUT2D eigenvalue weighted by atomic mass is 10.1. The van der Waals surface area contributed by atoms with Crippen molar-refractivity contribution in [2.45, 2.75) is 20.4 Å². The molecule has 3 N–H and O–H groups in total. The highest BCUT2D eigenvalue weighted by Gasteiger charge is 2.17. The summed E-state index contributed by atoms with van der Waals surface area (Å²) in [6.07, 6.45) is 0. The molecule has 0 aliphatic rings. The van der Waals surface area contributed by atoms with Gasteiger partial charge in [-0.3, -0.25) is 14.7 Å². The van der Waals surface area contributed by atoms with Gasteiger partial charge in [0, 0.05) is 12.1 Å². The van der Waals surface area contributed by atoms with E-state index in [2.05, 4.69) is 25.7 Å². The molecule has 3 aromatic rings. The Balaban J connectivity index is 1.67. The van der Waals surface area contributed by atoms with E-state index in [4.69, 9.17) is 4.52 Å². The van der Waals surface area contributed by atoms with E-state index in [1.165, 1.54) is 0 Å². The number of H-pyrrole nitrogens is 2. The number of benzene rings is 1. The predicted molar refractivity (Wildman–Crippen MR) is 81.8 cm³/mol. The molecule has 23 heavy (non-hydrogen) atoms. The fourth-order valence-electron chi connectivity index (χ4n) is 2.16. The third-order valence-corrected chi connectivity index (χ3v) is 3.37. The summed E-state index contributed by atoms with van der Waals surface area (Å²) in [5, 5.41) is 11.7. The Labute approximate surface area is 130 Å². The van der Waals surface area contributed by atoms with Crippen molar-refractivity contribution in [1.82, 2.24) is 25.7 Å². The minimum atomic E-state index is -0.532. The minimum absolute atomic E-state index is 0.00202. The molecule has 0 saturated carbocycles. The van der Waals surface area contributed by atoms with E-state index in [1.807, 2.05) is 31.2 Å². The van der Waals surface area contributed by atoms with E-state index < -0.39 is 11.5 Å². The van der Waals surface area contributed by atoms with Crippen molar-refractivity contribution < 1.29 is 9.32 Å². The number of nitrogens with one attached hydrogen (secondary N) is 3. The van der Waals surface area contributed by atoms with Gasteiger partial charge in [-0.05, 0) is 19.4 Å². The van der Waals surface area contributed by atoms with Crippen LogP contribution in [0.25, 0.3) is 11.4 Å². The third-order valence-electron chi connectivity index (χ3n) is 3.37. The summed E-state index contributed by atoms with van der Waals surface area (Å²) in [6.45, 7) is 3.69. The van der Waals surface area contributed by atoms with Crippen molar-refractivity contribution in [2.24, 2.45) is 0 Å². The monoisotopic (exact) mass is 313 g/mol. The second kappa shape index (κ2) is 5.91. The number of aromatic nitrogens is 4. The summed E-state index contributed by atoms with van der Waals surface area (Å²) in [7, 11) is 0. The summed E-state index contributed by atoms with van der Waals surface area (Å²) in [6, 6.07) is 7.49. The molecule has 1 aromatic carbocycles. The van der Waals surface area contributed by atoms with E-state index in [0.29, 0.717) is 12.4 Å². The van der Waals surface area contributed by atoms with Gasteiger partial charge in [-0.1, -0.05) is 24.3 Å². The smallest absolute Gasteiger partial charge is 0.293 e. The first-order chi connectivity index (χ1) is 11.0. The Morgan fingerprint density at radius 2 is 2.00 bits per heavy atom. The number of aromatic amines is 2. The molecule has 0 fully saturated rings. The number of hydrogen-bond acceptors (Lipinski definition) is 5. The van der Waals surface area contributed by atoms with Crippen LogP contribution in [0.4, 0.5) is 0 Å². The molecule has 0 radical (unpaired) electrons. The average molecular weight is 313 g/mol. The molecule has 3 rings (SSSR count). The molecule has 0 spiro atoms. The molecule has 0 aliphatic carbocycles. The number of rotatable bonds is 4. The van der Waals surface area contributed by atoms with Crippen LogP contribution >= 0.6 is 0 Å². The Hall–Kier alpha value is -3.16. The van der Waals surface area contributed by atoms with E-state index in [-0.39, 0.29) is 11.3 Å². The SMILES string of the molecule is Cc1nc(-c2ccc(CNC(=O)c3c(C)o[nH]c3=O)cc2)n[nH]1. The zero-order valence-corrected chi connectivity index (χ0v) is 12.6. The first kappa shape index (κ1) is 14.8. The average Bonchev–Trinajstić information content (AvgIpc) is 3.11. The van der Waals surface area contributed by atoms with Crippen LogP contribution in [0.15, 0.2) is 33.6 Å². The normalized spacial score (nSPS) is 10.7. The molecular weight excluding hydrogens is 298 g/mol. The Morgan fingerprint density at radius 3 is 2.57 bits per heavy atom. The second-order valence-electron chi connectivity index (χ2n) is 5.09. The van der Waals surface area contributed by atoms with Crippen LogP contribution in [-0.4, -0.2) is 26.2 Å². The van der Waals surface area contributed by atoms with Crippen LogP contribution in [0, 0.1) is 13.8 Å². The molecule has 118 valence electrons. The van der Waals surface area contributed by atoms with Gasteiger partial charge in [0.15, 0.2) is 5.82 Å². The van der Waals surface area contributed by atoms with Crippen LogP contribution < -0.4 is 10.9 Å². The first-order valence-electron chi connectivity index (χ1n) is 6.99. The highest BCUT2D eigenvalue weighted by atomic mass is 16.5. The fourth-order valence-corrected chi connectivity index (χ4v) is 2.16. The molecule has 0 bridgehead atoms. The number of nitrogens with zero attached hydrogens (tertiary/aromatic N) is 2. The van der Waals surface area contributed by atoms with Gasteiger partial charge in [0.1, 0.15) is 17.1 Å². The van der Waals surface area contributed by atoms with Gasteiger partial charge in [-0.15, -0.1) is 0 Å². The van der Waals surface area contributed by atoms with Crippen LogP contribution in [-0.2, 0) is 6.54 Å². The van der Waals surface area contributed by atoms with E-state index >= 15 is 0 Å². The van der Waals surface area contributed by atoms with Gasteiger partial charge >= 0.3 is 0 Å². The standard InChI is InChI=1S/C15H15N5O3/c1-8-12(15(22)20-23-8)14(21)16-7-10-3-5-11(6-4-10)13-17-9(2)18-19-13/h3-6H,7H2,1-2H3,(H,16,21)(H,20,22)(H,17,18,19). The maximum absolute atomic E-state index is 12.0. The van der Waals surface area contributed by atoms with E-state index in [9.17, 15) is 9.59 Å². The van der Waals surface area contributed by atoms with Gasteiger partial charge in [0.25, 0.3) is 11.5 Å². The van der Waals surface area contributed by atoms with Gasteiger partial charge in [-0.25, -0.2) is 4.98 Å². The number of hydrogen-bond donors (Lipinski definition) is 3. The van der Waals surface area contributed by atoms with Crippen molar-refractivity contribution in [1.29, 1.82) is 0 Å². The lowest BCUT2D eigenvalue weighted by molar-refractivity contribution is 0.0948. The van der Waals surface area contributed by atoms with Crippen LogP contribution in [0.5, 0.6) is 0 Å². The molecule has 8 heteroatoms. The van der Waals surface area contributed by atoms with Crippen molar-refractivity contribution >= 4 is 5.91 Å². The minimum Gasteiger partial charge on any atom is -0.383 e. The highest BCUT2D eigenvalue weighted by molar-refractivity contribution is 5.94. The molecule has 0 aliphatic heterocycles. The molecule has 2 heterocycles. The second-order valence-corrected chi connectivity index (χ2v) is 5.09. The zero-order chi connectivity index (χ0) is 16.4. The molecule has 8 nitrogen and oxygen atoms in total. The number of aryl methyl sites for hydroxylation is 2. The Kier molecular flexibility index (Phi) is 3.80. The van der Waals surface area contributed by atoms with Crippen LogP contribution in [0.3, 0.4) is 0 Å². The largest absolute Gasteiger partial charge is 0.383 e. The summed E-state index contributed by atoms with van der Waals surface area (Å²) in [5.41, 5.74) is 1.24. The van der Waals surface area contributed by atoms with Crippen molar-refractivity contribution in [2.75, 3.05) is 0 Å². The first-order valence-corrected chi connectivity index (χ1v) is 6.99. The summed E-state index contributed by atoms with van der Waals surface area (Å²) < 4.78 is 4.82. The highest BCUT2D eigenvalue weighted by Crippen LogP contribution is 2.15. The summed E-state index contributed by atoms with van der Waals surface area (Å²) in [5.74, 6) is 1.17. The fraction of sp³-hybridized carbons (Fsp3) is 0.200. The van der Waals surface area contributed by atoms with Crippen molar-refractivity contribution in [3.8, 4) is 11.4 Å². The van der Waals surface area contributed by atoms with Gasteiger partial charge < -0.3 is 9.84 Å². The Bertz CT molecular complexity index is 888. The number of amides is 1. The summed E-state index contributed by atoms with van der Waals surface area (Å²) >= 11 is 0. The molecule has 0 atom stereocenters. The molecule has 0 saturated heterocycles. The molecule has 0 unspecified atom stereocenters. The van der Waals surface area contributed by atoms with E-state index in [1.54, 1.807) is 6.92 Å². The molecule has 2 aromatic heterocycles.